The van der Waals surface area contributed by atoms with E-state index in [0.717, 1.165) is 49.8 Å². The lowest BCUT2D eigenvalue weighted by atomic mass is 9.73. The third-order valence-corrected chi connectivity index (χ3v) is 6.36. The van der Waals surface area contributed by atoms with E-state index in [9.17, 15) is 19.2 Å². The van der Waals surface area contributed by atoms with Crippen molar-refractivity contribution in [3.8, 4) is 0 Å². The Bertz CT molecular complexity index is 644. The van der Waals surface area contributed by atoms with Gasteiger partial charge in [0.25, 0.3) is 11.8 Å². The first-order valence-electron chi connectivity index (χ1n) is 10.5. The SMILES string of the molecule is C[C@H](OC(=O)CN1C(=O)N[C@]2(CCCC[C@@H]2C)C1=O)C(=O)N1CCCCCC1. The van der Waals surface area contributed by atoms with Gasteiger partial charge in [0, 0.05) is 13.1 Å². The van der Waals surface area contributed by atoms with Gasteiger partial charge in [0.15, 0.2) is 6.10 Å². The fraction of sp³-hybridized carbons (Fsp3) is 0.800. The molecular weight excluding hydrogens is 362 g/mol. The molecule has 0 unspecified atom stereocenters. The molecule has 156 valence electrons. The van der Waals surface area contributed by atoms with Crippen molar-refractivity contribution in [2.24, 2.45) is 5.92 Å². The first-order valence-corrected chi connectivity index (χ1v) is 10.5. The first kappa shape index (κ1) is 20.6. The maximum Gasteiger partial charge on any atom is 0.327 e. The summed E-state index contributed by atoms with van der Waals surface area (Å²) in [4.78, 5) is 52.8. The highest BCUT2D eigenvalue weighted by Gasteiger charge is 2.55. The zero-order valence-electron chi connectivity index (χ0n) is 16.9. The van der Waals surface area contributed by atoms with Gasteiger partial charge in [0.05, 0.1) is 0 Å². The Morgan fingerprint density at radius 2 is 1.82 bits per heavy atom. The van der Waals surface area contributed by atoms with E-state index in [1.165, 1.54) is 0 Å². The summed E-state index contributed by atoms with van der Waals surface area (Å²) >= 11 is 0. The highest BCUT2D eigenvalue weighted by Crippen LogP contribution is 2.38. The second-order valence-corrected chi connectivity index (χ2v) is 8.31. The Morgan fingerprint density at radius 1 is 1.14 bits per heavy atom. The number of carbonyl (C=O) groups excluding carboxylic acids is 4. The first-order chi connectivity index (χ1) is 13.3. The van der Waals surface area contributed by atoms with Gasteiger partial charge >= 0.3 is 12.0 Å². The number of rotatable bonds is 4. The van der Waals surface area contributed by atoms with Crippen molar-refractivity contribution in [1.82, 2.24) is 15.1 Å². The minimum atomic E-state index is -0.922. The Hall–Kier alpha value is -2.12. The third-order valence-electron chi connectivity index (χ3n) is 6.36. The van der Waals surface area contributed by atoms with Crippen LogP contribution in [0.3, 0.4) is 0 Å². The van der Waals surface area contributed by atoms with E-state index in [0.29, 0.717) is 19.5 Å². The lowest BCUT2D eigenvalue weighted by Gasteiger charge is -2.36. The standard InChI is InChI=1S/C20H31N3O5/c1-14-9-5-6-10-20(14)18(26)23(19(27)21-20)13-16(24)28-15(2)17(25)22-11-7-3-4-8-12-22/h14-15H,3-13H2,1-2H3,(H,21,27)/t14-,15-,20-/m0/s1. The maximum atomic E-state index is 12.9. The molecule has 28 heavy (non-hydrogen) atoms. The van der Waals surface area contributed by atoms with E-state index < -0.39 is 30.2 Å². The quantitative estimate of drug-likeness (QED) is 0.581. The van der Waals surface area contributed by atoms with Gasteiger partial charge in [0.1, 0.15) is 12.1 Å². The number of carbonyl (C=O) groups is 4. The topological polar surface area (TPSA) is 96.0 Å². The Balaban J connectivity index is 1.57. The highest BCUT2D eigenvalue weighted by molar-refractivity contribution is 6.09. The third kappa shape index (κ3) is 4.00. The number of urea groups is 1. The summed E-state index contributed by atoms with van der Waals surface area (Å²) < 4.78 is 5.26. The maximum absolute atomic E-state index is 12.9. The van der Waals surface area contributed by atoms with Crippen molar-refractivity contribution in [2.45, 2.75) is 76.9 Å². The molecule has 1 aliphatic carbocycles. The molecule has 0 aromatic carbocycles. The second-order valence-electron chi connectivity index (χ2n) is 8.31. The van der Waals surface area contributed by atoms with Crippen LogP contribution >= 0.6 is 0 Å². The van der Waals surface area contributed by atoms with Crippen LogP contribution in [0.15, 0.2) is 0 Å². The summed E-state index contributed by atoms with van der Waals surface area (Å²) in [6.07, 6.45) is 6.55. The minimum absolute atomic E-state index is 0.0299. The number of esters is 1. The summed E-state index contributed by atoms with van der Waals surface area (Å²) in [6, 6.07) is -0.554. The van der Waals surface area contributed by atoms with Gasteiger partial charge in [-0.05, 0) is 38.5 Å². The molecule has 3 aliphatic rings. The summed E-state index contributed by atoms with van der Waals surface area (Å²) in [5.41, 5.74) is -0.900. The molecular formula is C20H31N3O5. The molecule has 4 amide bonds. The lowest BCUT2D eigenvalue weighted by Crippen LogP contribution is -2.54. The molecule has 0 bridgehead atoms. The molecule has 1 saturated carbocycles. The van der Waals surface area contributed by atoms with E-state index in [1.807, 2.05) is 6.92 Å². The second kappa shape index (κ2) is 8.49. The van der Waals surface area contributed by atoms with Crippen LogP contribution in [0, 0.1) is 5.92 Å². The van der Waals surface area contributed by atoms with Crippen LogP contribution in [-0.4, -0.2) is 64.9 Å². The smallest absolute Gasteiger partial charge is 0.327 e. The molecule has 0 radical (unpaired) electrons. The van der Waals surface area contributed by atoms with Crippen LogP contribution in [0.25, 0.3) is 0 Å². The number of hydrogen-bond donors (Lipinski definition) is 1. The number of nitrogens with zero attached hydrogens (tertiary/aromatic N) is 2. The summed E-state index contributed by atoms with van der Waals surface area (Å²) in [6.45, 7) is 4.39. The fourth-order valence-electron chi connectivity index (χ4n) is 4.60. The van der Waals surface area contributed by atoms with Crippen molar-refractivity contribution in [3.63, 3.8) is 0 Å². The van der Waals surface area contributed by atoms with Gasteiger partial charge in [-0.1, -0.05) is 32.6 Å². The highest BCUT2D eigenvalue weighted by atomic mass is 16.5. The molecule has 2 aliphatic heterocycles. The molecule has 2 saturated heterocycles. The average Bonchev–Trinajstić information content (AvgIpc) is 2.87. The van der Waals surface area contributed by atoms with Gasteiger partial charge in [-0.25, -0.2) is 4.79 Å². The Labute approximate surface area is 165 Å². The van der Waals surface area contributed by atoms with Gasteiger partial charge in [-0.2, -0.15) is 0 Å². The van der Waals surface area contributed by atoms with Crippen LogP contribution in [0.5, 0.6) is 0 Å². The molecule has 1 N–H and O–H groups in total. The summed E-state index contributed by atoms with van der Waals surface area (Å²) in [7, 11) is 0. The van der Waals surface area contributed by atoms with Gasteiger partial charge in [-0.3, -0.25) is 19.3 Å². The molecule has 8 nitrogen and oxygen atoms in total. The zero-order chi connectivity index (χ0) is 20.3. The molecule has 3 atom stereocenters. The zero-order valence-corrected chi connectivity index (χ0v) is 16.9. The molecule has 3 rings (SSSR count). The molecule has 3 fully saturated rings. The normalized spacial score (nSPS) is 29.4. The summed E-state index contributed by atoms with van der Waals surface area (Å²) in [5, 5.41) is 2.81. The van der Waals surface area contributed by atoms with Crippen LogP contribution < -0.4 is 5.32 Å². The molecule has 1 spiro atoms. The van der Waals surface area contributed by atoms with Gasteiger partial charge in [0.2, 0.25) is 0 Å². The molecule has 2 heterocycles. The predicted molar refractivity (Wildman–Crippen MR) is 101 cm³/mol. The van der Waals surface area contributed by atoms with Crippen LogP contribution in [-0.2, 0) is 19.1 Å². The van der Waals surface area contributed by atoms with Crippen LogP contribution in [0.1, 0.15) is 65.2 Å². The van der Waals surface area contributed by atoms with Crippen molar-refractivity contribution >= 4 is 23.8 Å². The number of ether oxygens (including phenoxy) is 1. The van der Waals surface area contributed by atoms with E-state index >= 15 is 0 Å². The van der Waals surface area contributed by atoms with Crippen LogP contribution in [0.2, 0.25) is 0 Å². The molecule has 0 aromatic heterocycles. The van der Waals surface area contributed by atoms with E-state index in [1.54, 1.807) is 11.8 Å². The fourth-order valence-corrected chi connectivity index (χ4v) is 4.60. The summed E-state index contributed by atoms with van der Waals surface area (Å²) in [5.74, 6) is -1.28. The lowest BCUT2D eigenvalue weighted by molar-refractivity contribution is -0.160. The monoisotopic (exact) mass is 393 g/mol. The van der Waals surface area contributed by atoms with E-state index in [4.69, 9.17) is 4.74 Å². The largest absolute Gasteiger partial charge is 0.451 e. The predicted octanol–water partition coefficient (Wildman–Crippen LogP) is 1.82. The molecule has 8 heteroatoms. The number of likely N-dealkylation sites (tertiary alicyclic amines) is 1. The number of nitrogens with one attached hydrogen (secondary N) is 1. The van der Waals surface area contributed by atoms with Crippen molar-refractivity contribution < 1.29 is 23.9 Å². The van der Waals surface area contributed by atoms with E-state index in [-0.39, 0.29) is 17.7 Å². The van der Waals surface area contributed by atoms with Crippen LogP contribution in [0.4, 0.5) is 4.79 Å². The van der Waals surface area contributed by atoms with Gasteiger partial charge < -0.3 is 15.0 Å². The van der Waals surface area contributed by atoms with Crippen molar-refractivity contribution in [1.29, 1.82) is 0 Å². The minimum Gasteiger partial charge on any atom is -0.451 e. The number of amides is 4. The van der Waals surface area contributed by atoms with E-state index in [2.05, 4.69) is 5.32 Å². The number of imide groups is 1. The molecule has 0 aromatic rings. The van der Waals surface area contributed by atoms with Gasteiger partial charge in [-0.15, -0.1) is 0 Å². The average molecular weight is 393 g/mol. The number of hydrogen-bond acceptors (Lipinski definition) is 5. The van der Waals surface area contributed by atoms with Crippen molar-refractivity contribution in [2.75, 3.05) is 19.6 Å². The Morgan fingerprint density at radius 3 is 2.46 bits per heavy atom. The van der Waals surface area contributed by atoms with Crippen molar-refractivity contribution in [3.05, 3.63) is 0 Å². The Kier molecular flexibility index (Phi) is 6.25.